The second kappa shape index (κ2) is 8.71. The van der Waals surface area contributed by atoms with Crippen LogP contribution in [0, 0.1) is 13.8 Å². The molecule has 5 heteroatoms. The van der Waals surface area contributed by atoms with Crippen LogP contribution in [0.5, 0.6) is 0 Å². The topological polar surface area (TPSA) is 46.9 Å². The maximum absolute atomic E-state index is 13.6. The van der Waals surface area contributed by atoms with Crippen molar-refractivity contribution < 1.29 is 12.0 Å². The zero-order valence-corrected chi connectivity index (χ0v) is 19.1. The number of hydrogen-bond acceptors (Lipinski definition) is 2. The second-order valence-electron chi connectivity index (χ2n) is 7.33. The summed E-state index contributed by atoms with van der Waals surface area (Å²) < 4.78 is 32.1. The summed E-state index contributed by atoms with van der Waals surface area (Å²) in [5.74, 6) is 0. The quantitative estimate of drug-likeness (QED) is 0.235. The molecule has 0 unspecified atom stereocenters. The van der Waals surface area contributed by atoms with E-state index in [4.69, 9.17) is 3.63 Å². The van der Waals surface area contributed by atoms with E-state index in [0.29, 0.717) is 0 Å². The van der Waals surface area contributed by atoms with Gasteiger partial charge in [0.15, 0.2) is 0 Å². The van der Waals surface area contributed by atoms with Crippen molar-refractivity contribution in [3.05, 3.63) is 120 Å². The minimum atomic E-state index is -3.93. The third-order valence-corrected chi connectivity index (χ3v) is 10.7. The summed E-state index contributed by atoms with van der Waals surface area (Å²) in [4.78, 5) is 2.89. The highest BCUT2D eigenvalue weighted by atomic mass is 32.3. The summed E-state index contributed by atoms with van der Waals surface area (Å²) in [5, 5.41) is 0. The zero-order valence-electron chi connectivity index (χ0n) is 17.5. The fourth-order valence-corrected chi connectivity index (χ4v) is 9.24. The fraction of sp³-hybridized carbons (Fsp3) is 0.0769. The molecule has 0 heterocycles. The molecule has 0 amide bonds. The number of benzene rings is 4. The van der Waals surface area contributed by atoms with Crippen LogP contribution in [0.15, 0.2) is 129 Å². The molecule has 4 rings (SSSR count). The smallest absolute Gasteiger partial charge is 0.258 e. The Hall–Kier alpha value is -2.86. The molecule has 0 bridgehead atoms. The Kier molecular flexibility index (Phi) is 6.01. The number of aryl methyl sites for hydroxylation is 2. The number of rotatable bonds is 6. The van der Waals surface area contributed by atoms with E-state index in [1.54, 1.807) is 24.3 Å². The molecule has 31 heavy (non-hydrogen) atoms. The molecule has 1 N–H and O–H groups in total. The van der Waals surface area contributed by atoms with Crippen molar-refractivity contribution >= 4 is 20.4 Å². The molecule has 0 aliphatic rings. The molecule has 4 aromatic rings. The Bertz CT molecular complexity index is 1230. The highest BCUT2D eigenvalue weighted by Crippen LogP contribution is 2.69. The zero-order chi connectivity index (χ0) is 21.9. The minimum absolute atomic E-state index is 0.204. The van der Waals surface area contributed by atoms with Crippen molar-refractivity contribution in [3.63, 3.8) is 0 Å². The average molecular weight is 450 g/mol. The minimum Gasteiger partial charge on any atom is -0.258 e. The number of hydrogen-bond donors (Lipinski definition) is 0. The maximum Gasteiger partial charge on any atom is 0.422 e. The van der Waals surface area contributed by atoms with Crippen molar-refractivity contribution in [3.8, 4) is 0 Å². The van der Waals surface area contributed by atoms with Gasteiger partial charge in [0.1, 0.15) is 4.90 Å². The van der Waals surface area contributed by atoms with E-state index in [1.165, 1.54) is 0 Å². The Morgan fingerprint density at radius 1 is 0.548 bits per heavy atom. The van der Waals surface area contributed by atoms with Gasteiger partial charge in [-0.25, -0.2) is 0 Å². The van der Waals surface area contributed by atoms with Crippen molar-refractivity contribution in [2.75, 3.05) is 0 Å². The monoisotopic (exact) mass is 449 g/mol. The molecule has 0 aliphatic carbocycles. The molecule has 0 radical (unpaired) electrons. The van der Waals surface area contributed by atoms with Crippen LogP contribution in [-0.4, -0.2) is 12.0 Å². The summed E-state index contributed by atoms with van der Waals surface area (Å²) in [6.07, 6.45) is 0. The predicted octanol–water partition coefficient (Wildman–Crippen LogP) is 6.98. The van der Waals surface area contributed by atoms with Crippen molar-refractivity contribution in [2.45, 2.75) is 33.4 Å². The van der Waals surface area contributed by atoms with E-state index in [2.05, 4.69) is 0 Å². The Labute approximate surface area is 186 Å². The molecular formula is C26H25O3S2+. The van der Waals surface area contributed by atoms with E-state index < -0.39 is 20.4 Å². The van der Waals surface area contributed by atoms with E-state index in [9.17, 15) is 8.42 Å². The lowest BCUT2D eigenvalue weighted by molar-refractivity contribution is 0.387. The van der Waals surface area contributed by atoms with Crippen LogP contribution in [0.4, 0.5) is 0 Å². The first kappa shape index (κ1) is 21.4. The Morgan fingerprint density at radius 3 is 1.55 bits per heavy atom. The van der Waals surface area contributed by atoms with Crippen LogP contribution >= 0.6 is 10.3 Å². The van der Waals surface area contributed by atoms with Gasteiger partial charge < -0.3 is 0 Å². The van der Waals surface area contributed by atoms with E-state index >= 15 is 0 Å². The van der Waals surface area contributed by atoms with Gasteiger partial charge in [-0.3, -0.25) is 3.63 Å². The first-order valence-corrected chi connectivity index (χ1v) is 13.0. The Balaban J connectivity index is 2.03. The molecule has 0 spiro atoms. The van der Waals surface area contributed by atoms with E-state index in [-0.39, 0.29) is 4.90 Å². The summed E-state index contributed by atoms with van der Waals surface area (Å²) in [6.45, 7) is 3.95. The van der Waals surface area contributed by atoms with Crippen LogP contribution < -0.4 is 0 Å². The summed E-state index contributed by atoms with van der Waals surface area (Å²) in [7, 11) is -6.38. The van der Waals surface area contributed by atoms with Gasteiger partial charge in [0.2, 0.25) is 0 Å². The van der Waals surface area contributed by atoms with E-state index in [0.717, 1.165) is 25.8 Å². The molecule has 0 aromatic heterocycles. The molecule has 158 valence electrons. The maximum atomic E-state index is 13.6. The third-order valence-electron chi connectivity index (χ3n) is 5.11. The van der Waals surface area contributed by atoms with Crippen LogP contribution in [0.25, 0.3) is 0 Å². The summed E-state index contributed by atoms with van der Waals surface area (Å²) in [5.41, 5.74) is 2.01. The van der Waals surface area contributed by atoms with Gasteiger partial charge in [-0.1, -0.05) is 72.3 Å². The van der Waals surface area contributed by atoms with Gasteiger partial charge in [-0.15, -0.1) is 8.42 Å². The van der Waals surface area contributed by atoms with Crippen LogP contribution in [-0.2, 0) is 10.1 Å². The molecule has 4 aromatic carbocycles. The SMILES string of the molecule is Cc1ccc(S(=O)(=O)[OH+]S(c2ccccc2)(c2ccccc2)c2ccccc2C)cc1. The molecule has 3 nitrogen and oxygen atoms in total. The molecule has 0 saturated heterocycles. The molecule has 0 atom stereocenters. The van der Waals surface area contributed by atoms with Gasteiger partial charge in [-0.05, 0) is 61.9 Å². The van der Waals surface area contributed by atoms with Crippen molar-refractivity contribution in [2.24, 2.45) is 0 Å². The first-order chi connectivity index (χ1) is 14.9. The first-order valence-electron chi connectivity index (χ1n) is 9.99. The lowest BCUT2D eigenvalue weighted by Crippen LogP contribution is -2.19. The summed E-state index contributed by atoms with van der Waals surface area (Å²) in [6, 6.07) is 34.3. The van der Waals surface area contributed by atoms with Gasteiger partial charge in [0.05, 0.1) is 25.0 Å². The largest absolute Gasteiger partial charge is 0.422 e. The van der Waals surface area contributed by atoms with Crippen LogP contribution in [0.2, 0.25) is 0 Å². The Morgan fingerprint density at radius 2 is 1.03 bits per heavy atom. The molecular weight excluding hydrogens is 424 g/mol. The predicted molar refractivity (Wildman–Crippen MR) is 127 cm³/mol. The van der Waals surface area contributed by atoms with E-state index in [1.807, 2.05) is 98.8 Å². The highest BCUT2D eigenvalue weighted by Gasteiger charge is 2.44. The second-order valence-corrected chi connectivity index (χ2v) is 11.9. The average Bonchev–Trinajstić information content (AvgIpc) is 2.79. The lowest BCUT2D eigenvalue weighted by Gasteiger charge is -2.35. The fourth-order valence-electron chi connectivity index (χ4n) is 3.54. The molecule has 0 saturated carbocycles. The van der Waals surface area contributed by atoms with Gasteiger partial charge in [0, 0.05) is 0 Å². The summed E-state index contributed by atoms with van der Waals surface area (Å²) >= 11 is 0. The van der Waals surface area contributed by atoms with Gasteiger partial charge >= 0.3 is 10.1 Å². The van der Waals surface area contributed by atoms with Gasteiger partial charge in [0.25, 0.3) is 0 Å². The molecule has 0 aliphatic heterocycles. The third kappa shape index (κ3) is 4.17. The standard InChI is InChI=1S/C26H24O3S2/c1-21-17-19-25(20-18-21)31(27,28)29-30(23-12-5-3-6-13-23,24-14-7-4-8-15-24)26-16-10-9-11-22(26)2/h3-20H,1-2H3/p+1. The van der Waals surface area contributed by atoms with Crippen molar-refractivity contribution in [1.82, 2.24) is 0 Å². The highest BCUT2D eigenvalue weighted by molar-refractivity contribution is 8.32. The van der Waals surface area contributed by atoms with Crippen molar-refractivity contribution in [1.29, 1.82) is 0 Å². The van der Waals surface area contributed by atoms with Crippen LogP contribution in [0.3, 0.4) is 0 Å². The normalized spacial score (nSPS) is 12.5. The van der Waals surface area contributed by atoms with Gasteiger partial charge in [-0.2, -0.15) is 0 Å². The molecule has 0 fully saturated rings. The van der Waals surface area contributed by atoms with Crippen LogP contribution in [0.1, 0.15) is 11.1 Å². The lowest BCUT2D eigenvalue weighted by atomic mass is 10.2.